The lowest BCUT2D eigenvalue weighted by Crippen LogP contribution is -2.52. The number of hydrogen-bond donors (Lipinski definition) is 2. The molecule has 6 rings (SSSR count). The Morgan fingerprint density at radius 1 is 0.493 bits per heavy atom. The first-order valence-corrected chi connectivity index (χ1v) is 23.1. The van der Waals surface area contributed by atoms with E-state index in [4.69, 9.17) is 47.4 Å². The number of nitrogens with zero attached hydrogens (tertiary/aromatic N) is 2. The molecule has 0 fully saturated rings. The van der Waals surface area contributed by atoms with Crippen LogP contribution in [0.25, 0.3) is 0 Å². The van der Waals surface area contributed by atoms with Crippen molar-refractivity contribution in [2.75, 3.05) is 111 Å². The van der Waals surface area contributed by atoms with Gasteiger partial charge in [0.05, 0.1) is 111 Å². The SMILES string of the molecule is COc1cc2c(cc1OC)[C@@H](c1cc(OC)c(OC)c(OC)c1)[N@@+](C)(CCC/C(C(=O)O)=C(/CCC[N@@+]1(C)CCc3cc(OC)c(OC)cc3[C@H]1Cc1cc(OC)c(OC)c(OC)c1)C(=O)O)CC2. The van der Waals surface area contributed by atoms with Gasteiger partial charge in [0.2, 0.25) is 11.5 Å². The Hall–Kier alpha value is -6.52. The second kappa shape index (κ2) is 22.3. The molecule has 0 amide bonds. The highest BCUT2D eigenvalue weighted by atomic mass is 16.5. The first kappa shape index (κ1) is 51.9. The zero-order valence-corrected chi connectivity index (χ0v) is 42.2. The molecular formula is C53H70N2O14+2. The molecule has 374 valence electrons. The van der Waals surface area contributed by atoms with Gasteiger partial charge >= 0.3 is 11.9 Å². The summed E-state index contributed by atoms with van der Waals surface area (Å²) in [6, 6.07) is 15.5. The number of quaternary nitrogens is 2. The number of benzene rings is 4. The summed E-state index contributed by atoms with van der Waals surface area (Å²) in [5, 5.41) is 21.4. The smallest absolute Gasteiger partial charge is 0.332 e. The number of methoxy groups -OCH3 is 10. The molecule has 0 aliphatic carbocycles. The monoisotopic (exact) mass is 958 g/mol. The fraction of sp³-hybridized carbons (Fsp3) is 0.472. The third kappa shape index (κ3) is 10.6. The summed E-state index contributed by atoms with van der Waals surface area (Å²) in [5.74, 6) is 3.07. The topological polar surface area (TPSA) is 167 Å². The van der Waals surface area contributed by atoms with E-state index in [1.807, 2.05) is 48.5 Å². The third-order valence-electron chi connectivity index (χ3n) is 14.3. The fourth-order valence-corrected chi connectivity index (χ4v) is 10.7. The van der Waals surface area contributed by atoms with E-state index in [9.17, 15) is 19.8 Å². The zero-order chi connectivity index (χ0) is 50.2. The second-order valence-corrected chi connectivity index (χ2v) is 18.1. The average Bonchev–Trinajstić information content (AvgIpc) is 3.35. The molecule has 2 heterocycles. The zero-order valence-electron chi connectivity index (χ0n) is 42.2. The van der Waals surface area contributed by atoms with Crippen molar-refractivity contribution in [3.63, 3.8) is 0 Å². The van der Waals surface area contributed by atoms with E-state index in [0.717, 1.165) is 52.8 Å². The number of carbonyl (C=O) groups is 2. The molecular weight excluding hydrogens is 889 g/mol. The number of hydrogen-bond acceptors (Lipinski definition) is 12. The summed E-state index contributed by atoms with van der Waals surface area (Å²) in [7, 11) is 20.3. The summed E-state index contributed by atoms with van der Waals surface area (Å²) in [5.41, 5.74) is 6.05. The van der Waals surface area contributed by atoms with Crippen LogP contribution in [0, 0.1) is 0 Å². The lowest BCUT2D eigenvalue weighted by atomic mass is 9.85. The van der Waals surface area contributed by atoms with Gasteiger partial charge < -0.3 is 66.5 Å². The van der Waals surface area contributed by atoms with Crippen molar-refractivity contribution in [3.05, 3.63) is 93.1 Å². The quantitative estimate of drug-likeness (QED) is 0.0545. The highest BCUT2D eigenvalue weighted by Crippen LogP contribution is 2.49. The Balaban J connectivity index is 1.30. The van der Waals surface area contributed by atoms with E-state index < -0.39 is 11.9 Å². The largest absolute Gasteiger partial charge is 0.493 e. The van der Waals surface area contributed by atoms with Gasteiger partial charge in [0.25, 0.3) is 0 Å². The van der Waals surface area contributed by atoms with Gasteiger partial charge in [-0.25, -0.2) is 9.59 Å². The van der Waals surface area contributed by atoms with Crippen LogP contribution >= 0.6 is 0 Å². The van der Waals surface area contributed by atoms with E-state index >= 15 is 0 Å². The van der Waals surface area contributed by atoms with Crippen LogP contribution in [0.3, 0.4) is 0 Å². The van der Waals surface area contributed by atoms with Crippen molar-refractivity contribution in [1.82, 2.24) is 0 Å². The van der Waals surface area contributed by atoms with Gasteiger partial charge in [-0.15, -0.1) is 0 Å². The van der Waals surface area contributed by atoms with Crippen molar-refractivity contribution >= 4 is 11.9 Å². The van der Waals surface area contributed by atoms with Crippen LogP contribution in [0.15, 0.2) is 59.7 Å². The lowest BCUT2D eigenvalue weighted by Gasteiger charge is -2.46. The van der Waals surface area contributed by atoms with Crippen molar-refractivity contribution in [2.45, 2.75) is 57.0 Å². The molecule has 0 spiro atoms. The third-order valence-corrected chi connectivity index (χ3v) is 14.3. The molecule has 2 aliphatic rings. The summed E-state index contributed by atoms with van der Waals surface area (Å²) < 4.78 is 58.3. The van der Waals surface area contributed by atoms with Gasteiger partial charge in [-0.05, 0) is 78.1 Å². The van der Waals surface area contributed by atoms with E-state index in [2.05, 4.69) is 14.1 Å². The van der Waals surface area contributed by atoms with Gasteiger partial charge in [-0.3, -0.25) is 0 Å². The standard InChI is InChI=1S/C53H68N2O14/c1-54(21-17-33-26-41(60-3)43(62-5)30-38(33)40(54)23-32-24-45(64-7)50(68-11)46(25-32)65-8)19-13-15-36(52(56)57)37(53(58)59)16-14-20-55(2)22-18-34-27-42(61-4)44(63-6)31-39(34)49(55)35-28-47(66-9)51(69-12)48(29-35)67-10/h24-31,40,49H,13-23H2,1-12H3/p+2/b37-36+/t40-,49-,54+,55+/m1/s1. The Kier molecular flexibility index (Phi) is 16.7. The normalized spacial score (nSPS) is 19.8. The van der Waals surface area contributed by atoms with Crippen molar-refractivity contribution in [1.29, 1.82) is 0 Å². The highest BCUT2D eigenvalue weighted by molar-refractivity contribution is 5.98. The number of aliphatic carboxylic acids is 2. The minimum absolute atomic E-state index is 0.0659. The molecule has 2 aliphatic heterocycles. The number of carboxylic acid groups (broad SMARTS) is 2. The lowest BCUT2D eigenvalue weighted by molar-refractivity contribution is -0.941. The van der Waals surface area contributed by atoms with Crippen LogP contribution in [0.5, 0.6) is 57.5 Å². The first-order chi connectivity index (χ1) is 33.1. The molecule has 0 unspecified atom stereocenters. The fourth-order valence-electron chi connectivity index (χ4n) is 10.7. The van der Waals surface area contributed by atoms with Crippen molar-refractivity contribution in [2.24, 2.45) is 0 Å². The summed E-state index contributed by atoms with van der Waals surface area (Å²) in [4.78, 5) is 26.2. The van der Waals surface area contributed by atoms with Gasteiger partial charge in [0.15, 0.2) is 46.0 Å². The average molecular weight is 959 g/mol. The van der Waals surface area contributed by atoms with Crippen LogP contribution < -0.4 is 47.4 Å². The van der Waals surface area contributed by atoms with Crippen LogP contribution in [-0.4, -0.2) is 142 Å². The maximum atomic E-state index is 13.1. The van der Waals surface area contributed by atoms with E-state index in [1.165, 1.54) is 0 Å². The van der Waals surface area contributed by atoms with Gasteiger partial charge in [-0.2, -0.15) is 0 Å². The Morgan fingerprint density at radius 3 is 1.29 bits per heavy atom. The van der Waals surface area contributed by atoms with E-state index in [1.54, 1.807) is 71.1 Å². The number of fused-ring (bicyclic) bond motifs is 2. The molecule has 4 aromatic carbocycles. The maximum absolute atomic E-state index is 13.1. The Bertz CT molecular complexity index is 2490. The van der Waals surface area contributed by atoms with Crippen LogP contribution in [-0.2, 0) is 28.9 Å². The van der Waals surface area contributed by atoms with Crippen LogP contribution in [0.2, 0.25) is 0 Å². The predicted molar refractivity (Wildman–Crippen MR) is 260 cm³/mol. The molecule has 16 heteroatoms. The molecule has 4 atom stereocenters. The van der Waals surface area contributed by atoms with E-state index in [0.29, 0.717) is 105 Å². The second-order valence-electron chi connectivity index (χ2n) is 18.1. The van der Waals surface area contributed by atoms with Gasteiger partial charge in [-0.1, -0.05) is 0 Å². The molecule has 69 heavy (non-hydrogen) atoms. The number of likely N-dealkylation sites (N-methyl/N-ethyl adjacent to an activating group) is 2. The van der Waals surface area contributed by atoms with Crippen molar-refractivity contribution < 1.29 is 76.1 Å². The number of carboxylic acids is 2. The first-order valence-electron chi connectivity index (χ1n) is 23.1. The maximum Gasteiger partial charge on any atom is 0.332 e. The highest BCUT2D eigenvalue weighted by Gasteiger charge is 2.43. The van der Waals surface area contributed by atoms with Gasteiger partial charge in [0, 0.05) is 59.9 Å². The molecule has 16 nitrogen and oxygen atoms in total. The number of ether oxygens (including phenoxy) is 10. The Morgan fingerprint density at radius 2 is 0.870 bits per heavy atom. The molecule has 0 aromatic heterocycles. The summed E-state index contributed by atoms with van der Waals surface area (Å²) in [6.07, 6.45) is 3.03. The Labute approximate surface area is 405 Å². The minimum atomic E-state index is -1.23. The summed E-state index contributed by atoms with van der Waals surface area (Å²) in [6.45, 7) is 2.56. The van der Waals surface area contributed by atoms with Crippen LogP contribution in [0.4, 0.5) is 0 Å². The molecule has 2 N–H and O–H groups in total. The van der Waals surface area contributed by atoms with E-state index in [-0.39, 0.29) is 36.1 Å². The molecule has 4 aromatic rings. The molecule has 0 radical (unpaired) electrons. The number of rotatable bonds is 23. The van der Waals surface area contributed by atoms with Crippen LogP contribution in [0.1, 0.15) is 71.1 Å². The van der Waals surface area contributed by atoms with Crippen molar-refractivity contribution in [3.8, 4) is 57.5 Å². The molecule has 0 saturated heterocycles. The summed E-state index contributed by atoms with van der Waals surface area (Å²) >= 11 is 0. The van der Waals surface area contributed by atoms with Gasteiger partial charge in [0.1, 0.15) is 12.1 Å². The molecule has 0 bridgehead atoms. The molecule has 0 saturated carbocycles. The predicted octanol–water partition coefficient (Wildman–Crippen LogP) is 7.88. The minimum Gasteiger partial charge on any atom is -0.493 e.